The lowest BCUT2D eigenvalue weighted by atomic mass is 10.0. The van der Waals surface area contributed by atoms with E-state index in [0.717, 1.165) is 16.9 Å². The average Bonchev–Trinajstić information content (AvgIpc) is 2.17. The molecule has 0 aliphatic heterocycles. The van der Waals surface area contributed by atoms with Crippen molar-refractivity contribution in [1.29, 1.82) is 0 Å². The first-order valence-electron chi connectivity index (χ1n) is 4.73. The van der Waals surface area contributed by atoms with Crippen molar-refractivity contribution < 1.29 is 9.84 Å². The first kappa shape index (κ1) is 10.8. The summed E-state index contributed by atoms with van der Waals surface area (Å²) in [5.74, 6) is 0.838. The third kappa shape index (κ3) is 2.36. The lowest BCUT2D eigenvalue weighted by Crippen LogP contribution is -1.98. The quantitative estimate of drug-likeness (QED) is 0.743. The fourth-order valence-corrected chi connectivity index (χ4v) is 1.36. The molecule has 0 aliphatic carbocycles. The molecule has 2 nitrogen and oxygen atoms in total. The Kier molecular flexibility index (Phi) is 3.72. The van der Waals surface area contributed by atoms with Crippen molar-refractivity contribution in [2.45, 2.75) is 20.0 Å². The van der Waals surface area contributed by atoms with Gasteiger partial charge in [0.05, 0.1) is 12.7 Å². The summed E-state index contributed by atoms with van der Waals surface area (Å²) in [6.07, 6.45) is 0.925. The minimum absolute atomic E-state index is 0.592. The van der Waals surface area contributed by atoms with Crippen molar-refractivity contribution in [3.05, 3.63) is 42.0 Å². The molecule has 1 aromatic rings. The van der Waals surface area contributed by atoms with Gasteiger partial charge in [-0.25, -0.2) is 0 Å². The second-order valence-electron chi connectivity index (χ2n) is 3.13. The van der Waals surface area contributed by atoms with Crippen LogP contribution >= 0.6 is 0 Å². The van der Waals surface area contributed by atoms with Crippen LogP contribution in [-0.4, -0.2) is 11.7 Å². The number of rotatable bonds is 4. The van der Waals surface area contributed by atoms with Crippen molar-refractivity contribution in [3.63, 3.8) is 0 Å². The van der Waals surface area contributed by atoms with Gasteiger partial charge in [-0.15, -0.1) is 6.58 Å². The van der Waals surface area contributed by atoms with Crippen LogP contribution in [-0.2, 0) is 0 Å². The number of ether oxygens (including phenoxy) is 1. The van der Waals surface area contributed by atoms with Gasteiger partial charge in [-0.05, 0) is 37.1 Å². The van der Waals surface area contributed by atoms with Gasteiger partial charge in [0.1, 0.15) is 5.75 Å². The molecule has 0 saturated carbocycles. The number of hydrogen-bond donors (Lipinski definition) is 1. The Balaban J connectivity index is 2.94. The smallest absolute Gasteiger partial charge is 0.119 e. The zero-order valence-corrected chi connectivity index (χ0v) is 8.66. The van der Waals surface area contributed by atoms with Crippen LogP contribution in [0.25, 0.3) is 0 Å². The normalized spacial score (nSPS) is 12.2. The maximum absolute atomic E-state index is 9.57. The predicted molar refractivity (Wildman–Crippen MR) is 57.5 cm³/mol. The van der Waals surface area contributed by atoms with E-state index in [1.54, 1.807) is 0 Å². The maximum atomic E-state index is 9.57. The Morgan fingerprint density at radius 1 is 1.57 bits per heavy atom. The van der Waals surface area contributed by atoms with Gasteiger partial charge in [-0.1, -0.05) is 12.1 Å². The zero-order valence-electron chi connectivity index (χ0n) is 8.66. The molecule has 0 bridgehead atoms. The van der Waals surface area contributed by atoms with E-state index in [2.05, 4.69) is 6.58 Å². The summed E-state index contributed by atoms with van der Waals surface area (Å²) in [5, 5.41) is 9.57. The molecule has 0 fully saturated rings. The van der Waals surface area contributed by atoms with Crippen molar-refractivity contribution >= 4 is 0 Å². The minimum atomic E-state index is -0.592. The van der Waals surface area contributed by atoms with E-state index in [1.165, 1.54) is 6.08 Å². The first-order valence-corrected chi connectivity index (χ1v) is 4.73. The molecule has 1 aromatic carbocycles. The number of aryl methyl sites for hydroxylation is 1. The first-order chi connectivity index (χ1) is 6.69. The highest BCUT2D eigenvalue weighted by Gasteiger charge is 2.06. The van der Waals surface area contributed by atoms with Crippen molar-refractivity contribution in [1.82, 2.24) is 0 Å². The number of aliphatic hydroxyl groups is 1. The highest BCUT2D eigenvalue weighted by atomic mass is 16.5. The molecule has 1 atom stereocenters. The van der Waals surface area contributed by atoms with Gasteiger partial charge in [0.15, 0.2) is 0 Å². The zero-order chi connectivity index (χ0) is 10.6. The van der Waals surface area contributed by atoms with E-state index in [4.69, 9.17) is 4.74 Å². The van der Waals surface area contributed by atoms with Crippen LogP contribution in [0.3, 0.4) is 0 Å². The van der Waals surface area contributed by atoms with Gasteiger partial charge >= 0.3 is 0 Å². The summed E-state index contributed by atoms with van der Waals surface area (Å²) in [5.41, 5.74) is 1.90. The van der Waals surface area contributed by atoms with E-state index in [1.807, 2.05) is 32.0 Å². The lowest BCUT2D eigenvalue weighted by Gasteiger charge is -2.11. The largest absolute Gasteiger partial charge is 0.494 e. The molecule has 0 saturated heterocycles. The standard InChI is InChI=1S/C12H16O2/c1-4-12(13)11-7-6-10(14-5-2)8-9(11)3/h4,6-8,12-13H,1,5H2,2-3H3. The fourth-order valence-electron chi connectivity index (χ4n) is 1.36. The molecule has 0 heterocycles. The summed E-state index contributed by atoms with van der Waals surface area (Å²) in [7, 11) is 0. The van der Waals surface area contributed by atoms with Gasteiger partial charge in [0, 0.05) is 0 Å². The van der Waals surface area contributed by atoms with Crippen LogP contribution in [0.4, 0.5) is 0 Å². The second kappa shape index (κ2) is 4.82. The van der Waals surface area contributed by atoms with Gasteiger partial charge in [0.2, 0.25) is 0 Å². The Morgan fingerprint density at radius 3 is 2.79 bits per heavy atom. The van der Waals surface area contributed by atoms with Gasteiger partial charge in [-0.2, -0.15) is 0 Å². The summed E-state index contributed by atoms with van der Waals surface area (Å²) in [6, 6.07) is 5.65. The van der Waals surface area contributed by atoms with Crippen LogP contribution < -0.4 is 4.74 Å². The van der Waals surface area contributed by atoms with E-state index in [0.29, 0.717) is 6.61 Å². The Hall–Kier alpha value is -1.28. The molecule has 76 valence electrons. The number of benzene rings is 1. The molecule has 14 heavy (non-hydrogen) atoms. The summed E-state index contributed by atoms with van der Waals surface area (Å²) in [6.45, 7) is 8.11. The molecule has 0 aliphatic rings. The fraction of sp³-hybridized carbons (Fsp3) is 0.333. The van der Waals surface area contributed by atoms with E-state index in [-0.39, 0.29) is 0 Å². The number of hydrogen-bond acceptors (Lipinski definition) is 2. The van der Waals surface area contributed by atoms with Crippen molar-refractivity contribution in [2.24, 2.45) is 0 Å². The molecule has 0 aromatic heterocycles. The Labute approximate surface area is 84.8 Å². The van der Waals surface area contributed by atoms with Crippen LogP contribution in [0.1, 0.15) is 24.2 Å². The predicted octanol–water partition coefficient (Wildman–Crippen LogP) is 2.61. The average molecular weight is 192 g/mol. The third-order valence-electron chi connectivity index (χ3n) is 2.09. The molecule has 1 unspecified atom stereocenters. The topological polar surface area (TPSA) is 29.5 Å². The summed E-state index contributed by atoms with van der Waals surface area (Å²) < 4.78 is 5.35. The van der Waals surface area contributed by atoms with Crippen molar-refractivity contribution in [2.75, 3.05) is 6.61 Å². The van der Waals surface area contributed by atoms with Gasteiger partial charge < -0.3 is 9.84 Å². The SMILES string of the molecule is C=CC(O)c1ccc(OCC)cc1C. The molecule has 2 heteroatoms. The van der Waals surface area contributed by atoms with Gasteiger partial charge in [0.25, 0.3) is 0 Å². The third-order valence-corrected chi connectivity index (χ3v) is 2.09. The molecular weight excluding hydrogens is 176 g/mol. The van der Waals surface area contributed by atoms with Crippen LogP contribution in [0.15, 0.2) is 30.9 Å². The van der Waals surface area contributed by atoms with Crippen LogP contribution in [0.2, 0.25) is 0 Å². The Bertz CT molecular complexity index is 318. The van der Waals surface area contributed by atoms with Crippen LogP contribution in [0, 0.1) is 6.92 Å². The second-order valence-corrected chi connectivity index (χ2v) is 3.13. The van der Waals surface area contributed by atoms with E-state index in [9.17, 15) is 5.11 Å². The molecule has 0 spiro atoms. The van der Waals surface area contributed by atoms with Crippen LogP contribution in [0.5, 0.6) is 5.75 Å². The highest BCUT2D eigenvalue weighted by molar-refractivity contribution is 5.37. The highest BCUT2D eigenvalue weighted by Crippen LogP contribution is 2.23. The van der Waals surface area contributed by atoms with E-state index < -0.39 is 6.10 Å². The van der Waals surface area contributed by atoms with Crippen molar-refractivity contribution in [3.8, 4) is 5.75 Å². The molecular formula is C12H16O2. The minimum Gasteiger partial charge on any atom is -0.494 e. The Morgan fingerprint density at radius 2 is 2.29 bits per heavy atom. The lowest BCUT2D eigenvalue weighted by molar-refractivity contribution is 0.228. The monoisotopic (exact) mass is 192 g/mol. The maximum Gasteiger partial charge on any atom is 0.119 e. The van der Waals surface area contributed by atoms with E-state index >= 15 is 0 Å². The molecule has 1 N–H and O–H groups in total. The van der Waals surface area contributed by atoms with Gasteiger partial charge in [-0.3, -0.25) is 0 Å². The molecule has 0 amide bonds. The summed E-state index contributed by atoms with van der Waals surface area (Å²) in [4.78, 5) is 0. The molecule has 0 radical (unpaired) electrons. The summed E-state index contributed by atoms with van der Waals surface area (Å²) >= 11 is 0. The molecule has 1 rings (SSSR count). The number of aliphatic hydroxyl groups excluding tert-OH is 1.